The lowest BCUT2D eigenvalue weighted by Crippen LogP contribution is -2.47. The van der Waals surface area contributed by atoms with Crippen molar-refractivity contribution in [1.29, 1.82) is 0 Å². The molecule has 5 rings (SSSR count). The highest BCUT2D eigenvalue weighted by Gasteiger charge is 2.50. The number of para-hydroxylation sites is 2. The number of urea groups is 1. The molecule has 8 heteroatoms. The summed E-state index contributed by atoms with van der Waals surface area (Å²) in [5.74, 6) is -1.07. The third-order valence-corrected chi connectivity index (χ3v) is 6.87. The summed E-state index contributed by atoms with van der Waals surface area (Å²) in [5.41, 5.74) is 3.06. The van der Waals surface area contributed by atoms with Crippen molar-refractivity contribution >= 4 is 35.1 Å². The van der Waals surface area contributed by atoms with E-state index in [-0.39, 0.29) is 12.3 Å². The molecule has 0 bridgehead atoms. The minimum Gasteiger partial charge on any atom is -0.324 e. The number of anilines is 2. The molecule has 2 atom stereocenters. The van der Waals surface area contributed by atoms with Crippen LogP contribution in [0.15, 0.2) is 42.5 Å². The van der Waals surface area contributed by atoms with Crippen molar-refractivity contribution in [3.05, 3.63) is 59.2 Å². The number of nitrogens with zero attached hydrogens (tertiary/aromatic N) is 2. The molecule has 2 N–H and O–H groups in total. The zero-order valence-electron chi connectivity index (χ0n) is 18.7. The summed E-state index contributed by atoms with van der Waals surface area (Å²) in [6.45, 7) is 3.05. The summed E-state index contributed by atoms with van der Waals surface area (Å²) in [6, 6.07) is 11.9. The van der Waals surface area contributed by atoms with Gasteiger partial charge in [-0.1, -0.05) is 30.3 Å². The first-order chi connectivity index (χ1) is 15.8. The van der Waals surface area contributed by atoms with Gasteiger partial charge in [-0.2, -0.15) is 0 Å². The third kappa shape index (κ3) is 3.46. The van der Waals surface area contributed by atoms with E-state index in [0.717, 1.165) is 29.7 Å². The number of hydrogen-bond donors (Lipinski definition) is 2. The van der Waals surface area contributed by atoms with Crippen molar-refractivity contribution < 1.29 is 19.2 Å². The number of aryl methyl sites for hydroxylation is 2. The average Bonchev–Trinajstić information content (AvgIpc) is 3.29. The van der Waals surface area contributed by atoms with Gasteiger partial charge in [-0.3, -0.25) is 19.3 Å². The summed E-state index contributed by atoms with van der Waals surface area (Å²) < 4.78 is 0. The highest BCUT2D eigenvalue weighted by molar-refractivity contribution is 6.12. The van der Waals surface area contributed by atoms with Gasteiger partial charge in [0.25, 0.3) is 5.91 Å². The van der Waals surface area contributed by atoms with E-state index in [1.807, 2.05) is 18.2 Å². The molecule has 1 aliphatic carbocycles. The highest BCUT2D eigenvalue weighted by Crippen LogP contribution is 2.34. The van der Waals surface area contributed by atoms with Gasteiger partial charge >= 0.3 is 6.03 Å². The van der Waals surface area contributed by atoms with E-state index in [4.69, 9.17) is 0 Å². The van der Waals surface area contributed by atoms with Crippen molar-refractivity contribution in [1.82, 2.24) is 10.2 Å². The Morgan fingerprint density at radius 2 is 1.85 bits per heavy atom. The van der Waals surface area contributed by atoms with Crippen molar-refractivity contribution in [3.63, 3.8) is 0 Å². The van der Waals surface area contributed by atoms with Gasteiger partial charge in [0.1, 0.15) is 12.1 Å². The number of fused-ring (bicyclic) bond motifs is 2. The molecule has 0 saturated carbocycles. The molecule has 170 valence electrons. The summed E-state index contributed by atoms with van der Waals surface area (Å²) in [6.07, 6.45) is 3.19. The Kier molecular flexibility index (Phi) is 4.96. The lowest BCUT2D eigenvalue weighted by atomic mass is 9.89. The molecule has 0 spiro atoms. The van der Waals surface area contributed by atoms with Gasteiger partial charge in [0.15, 0.2) is 0 Å². The zero-order chi connectivity index (χ0) is 23.3. The molecule has 8 nitrogen and oxygen atoms in total. The Morgan fingerprint density at radius 3 is 2.67 bits per heavy atom. The number of hydrogen-bond acceptors (Lipinski definition) is 4. The van der Waals surface area contributed by atoms with Crippen molar-refractivity contribution in [2.75, 3.05) is 16.8 Å². The predicted octanol–water partition coefficient (Wildman–Crippen LogP) is 2.71. The second-order valence-corrected chi connectivity index (χ2v) is 9.17. The topological polar surface area (TPSA) is 98.8 Å². The van der Waals surface area contributed by atoms with E-state index >= 15 is 0 Å². The average molecular weight is 447 g/mol. The fourth-order valence-electron chi connectivity index (χ4n) is 5.10. The molecule has 1 saturated heterocycles. The van der Waals surface area contributed by atoms with Crippen molar-refractivity contribution in [2.24, 2.45) is 0 Å². The van der Waals surface area contributed by atoms with Gasteiger partial charge in [0, 0.05) is 12.5 Å². The molecular formula is C25H26N4O4. The Labute approximate surface area is 191 Å². The fourth-order valence-corrected chi connectivity index (χ4v) is 5.10. The van der Waals surface area contributed by atoms with Gasteiger partial charge in [-0.25, -0.2) is 4.79 Å². The maximum Gasteiger partial charge on any atom is 0.325 e. The molecule has 2 aromatic rings. The molecule has 0 aromatic heterocycles. The summed E-state index contributed by atoms with van der Waals surface area (Å²) >= 11 is 0. The number of imide groups is 1. The first-order valence-corrected chi connectivity index (χ1v) is 11.3. The first-order valence-electron chi connectivity index (χ1n) is 11.3. The van der Waals surface area contributed by atoms with Gasteiger partial charge in [-0.15, -0.1) is 0 Å². The number of benzene rings is 2. The lowest BCUT2D eigenvalue weighted by Gasteiger charge is -2.29. The molecule has 2 aromatic carbocycles. The molecule has 0 radical (unpaired) electrons. The van der Waals surface area contributed by atoms with Crippen LogP contribution in [-0.2, 0) is 32.8 Å². The van der Waals surface area contributed by atoms with E-state index in [9.17, 15) is 19.2 Å². The SMILES string of the molecule is C[C@H]1CC(=O)Nc2ccccc2N1C(=O)CN1C(=O)N[C@@](C)(c2ccc3c(c2)CCC3)C1=O. The van der Waals surface area contributed by atoms with Gasteiger partial charge in [0.05, 0.1) is 11.4 Å². The highest BCUT2D eigenvalue weighted by atomic mass is 16.2. The van der Waals surface area contributed by atoms with Gasteiger partial charge < -0.3 is 15.5 Å². The van der Waals surface area contributed by atoms with Crippen LogP contribution in [0.2, 0.25) is 0 Å². The molecule has 2 aliphatic heterocycles. The smallest absolute Gasteiger partial charge is 0.324 e. The molecule has 0 unspecified atom stereocenters. The largest absolute Gasteiger partial charge is 0.325 e. The van der Waals surface area contributed by atoms with Crippen LogP contribution >= 0.6 is 0 Å². The van der Waals surface area contributed by atoms with Gasteiger partial charge in [0.2, 0.25) is 11.8 Å². The van der Waals surface area contributed by atoms with E-state index in [1.54, 1.807) is 38.1 Å². The third-order valence-electron chi connectivity index (χ3n) is 6.87. The molecule has 3 aliphatic rings. The Balaban J connectivity index is 1.41. The second kappa shape index (κ2) is 7.72. The van der Waals surface area contributed by atoms with Crippen LogP contribution in [0.5, 0.6) is 0 Å². The summed E-state index contributed by atoms with van der Waals surface area (Å²) in [7, 11) is 0. The van der Waals surface area contributed by atoms with Crippen LogP contribution in [0.25, 0.3) is 0 Å². The molecule has 5 amide bonds. The van der Waals surface area contributed by atoms with E-state index in [1.165, 1.54) is 16.0 Å². The molecular weight excluding hydrogens is 420 g/mol. The Hall–Kier alpha value is -3.68. The van der Waals surface area contributed by atoms with Crippen LogP contribution in [0, 0.1) is 0 Å². The molecule has 33 heavy (non-hydrogen) atoms. The van der Waals surface area contributed by atoms with E-state index in [0.29, 0.717) is 11.4 Å². The normalized spacial score (nSPS) is 24.2. The van der Waals surface area contributed by atoms with Gasteiger partial charge in [-0.05, 0) is 61.9 Å². The van der Waals surface area contributed by atoms with Crippen LogP contribution in [0.1, 0.15) is 43.4 Å². The van der Waals surface area contributed by atoms with Crippen LogP contribution < -0.4 is 15.5 Å². The standard InChI is InChI=1S/C25H26N4O4/c1-15-12-21(30)26-19-8-3-4-9-20(19)29(15)22(31)14-28-23(32)25(2,27-24(28)33)18-11-10-16-6-5-7-17(16)13-18/h3-4,8-11,13,15H,5-7,12,14H2,1-2H3,(H,26,30)(H,27,33)/t15-,25-/m0/s1. The minimum absolute atomic E-state index is 0.118. The van der Waals surface area contributed by atoms with Crippen molar-refractivity contribution in [3.8, 4) is 0 Å². The number of rotatable bonds is 3. The maximum atomic E-state index is 13.4. The first kappa shape index (κ1) is 21.2. The second-order valence-electron chi connectivity index (χ2n) is 9.17. The zero-order valence-corrected chi connectivity index (χ0v) is 18.7. The predicted molar refractivity (Wildman–Crippen MR) is 123 cm³/mol. The van der Waals surface area contributed by atoms with E-state index < -0.39 is 36.0 Å². The summed E-state index contributed by atoms with van der Waals surface area (Å²) in [5, 5.41) is 5.61. The number of carbonyl (C=O) groups excluding carboxylic acids is 4. The molecule has 1 fully saturated rings. The van der Waals surface area contributed by atoms with Crippen LogP contribution in [0.4, 0.5) is 16.2 Å². The Bertz CT molecular complexity index is 1190. The quantitative estimate of drug-likeness (QED) is 0.709. The maximum absolute atomic E-state index is 13.4. The van der Waals surface area contributed by atoms with E-state index in [2.05, 4.69) is 10.6 Å². The van der Waals surface area contributed by atoms with Crippen molar-refractivity contribution in [2.45, 2.75) is 51.1 Å². The Morgan fingerprint density at radius 1 is 1.09 bits per heavy atom. The van der Waals surface area contributed by atoms with Crippen LogP contribution in [-0.4, -0.2) is 41.2 Å². The summed E-state index contributed by atoms with van der Waals surface area (Å²) in [4.78, 5) is 54.3. The monoisotopic (exact) mass is 446 g/mol. The number of amides is 5. The number of nitrogens with one attached hydrogen (secondary N) is 2. The number of carbonyl (C=O) groups is 4. The minimum atomic E-state index is -1.23. The molecule has 2 heterocycles. The lowest BCUT2D eigenvalue weighted by molar-refractivity contribution is -0.134. The van der Waals surface area contributed by atoms with Crippen LogP contribution in [0.3, 0.4) is 0 Å². The fraction of sp³-hybridized carbons (Fsp3) is 0.360.